The summed E-state index contributed by atoms with van der Waals surface area (Å²) in [6.07, 6.45) is 3.49. The van der Waals surface area contributed by atoms with Crippen LogP contribution in [0.25, 0.3) is 0 Å². The standard InChI is InChI=1S/C13H19FN2O/c1-17-5-4-13(2-3-13)9-16-12-7-10(14)6-11(15)8-12/h6-8,16H,2-5,9,15H2,1H3. The molecule has 1 aromatic carbocycles. The number of methoxy groups -OCH3 is 1. The average molecular weight is 238 g/mol. The quantitative estimate of drug-likeness (QED) is 0.749. The second-order valence-corrected chi connectivity index (χ2v) is 4.87. The van der Waals surface area contributed by atoms with Gasteiger partial charge < -0.3 is 15.8 Å². The van der Waals surface area contributed by atoms with E-state index in [1.807, 2.05) is 0 Å². The Hall–Kier alpha value is -1.29. The fourth-order valence-corrected chi connectivity index (χ4v) is 2.01. The molecule has 4 heteroatoms. The number of anilines is 2. The zero-order chi connectivity index (χ0) is 12.3. The van der Waals surface area contributed by atoms with Crippen LogP contribution < -0.4 is 11.1 Å². The van der Waals surface area contributed by atoms with Crippen LogP contribution in [-0.2, 0) is 4.74 Å². The van der Waals surface area contributed by atoms with Crippen LogP contribution in [0.2, 0.25) is 0 Å². The number of ether oxygens (including phenoxy) is 1. The molecular formula is C13H19FN2O. The maximum atomic E-state index is 13.1. The van der Waals surface area contributed by atoms with Gasteiger partial charge in [-0.05, 0) is 42.9 Å². The summed E-state index contributed by atoms with van der Waals surface area (Å²) < 4.78 is 18.2. The molecular weight excluding hydrogens is 219 g/mol. The van der Waals surface area contributed by atoms with Crippen molar-refractivity contribution >= 4 is 11.4 Å². The first-order valence-electron chi connectivity index (χ1n) is 5.92. The van der Waals surface area contributed by atoms with Gasteiger partial charge in [-0.15, -0.1) is 0 Å². The molecule has 0 aliphatic heterocycles. The van der Waals surface area contributed by atoms with Crippen LogP contribution in [0.1, 0.15) is 19.3 Å². The van der Waals surface area contributed by atoms with Gasteiger partial charge in [0.25, 0.3) is 0 Å². The molecule has 1 fully saturated rings. The number of halogens is 1. The van der Waals surface area contributed by atoms with Gasteiger partial charge in [0.1, 0.15) is 5.82 Å². The molecule has 0 aromatic heterocycles. The fraction of sp³-hybridized carbons (Fsp3) is 0.538. The van der Waals surface area contributed by atoms with Gasteiger partial charge in [-0.2, -0.15) is 0 Å². The molecule has 1 saturated carbocycles. The summed E-state index contributed by atoms with van der Waals surface area (Å²) in [6, 6.07) is 4.56. The van der Waals surface area contributed by atoms with Gasteiger partial charge in [-0.3, -0.25) is 0 Å². The summed E-state index contributed by atoms with van der Waals surface area (Å²) in [5, 5.41) is 3.26. The van der Waals surface area contributed by atoms with Crippen molar-refractivity contribution in [2.24, 2.45) is 5.41 Å². The lowest BCUT2D eigenvalue weighted by Crippen LogP contribution is -2.17. The Morgan fingerprint density at radius 2 is 2.18 bits per heavy atom. The summed E-state index contributed by atoms with van der Waals surface area (Å²) in [4.78, 5) is 0. The molecule has 0 unspecified atom stereocenters. The van der Waals surface area contributed by atoms with E-state index in [0.717, 1.165) is 25.3 Å². The number of benzene rings is 1. The zero-order valence-corrected chi connectivity index (χ0v) is 10.1. The lowest BCUT2D eigenvalue weighted by atomic mass is 10.0. The van der Waals surface area contributed by atoms with E-state index in [9.17, 15) is 4.39 Å². The molecule has 1 aromatic rings. The van der Waals surface area contributed by atoms with Gasteiger partial charge in [0.15, 0.2) is 0 Å². The Kier molecular flexibility index (Phi) is 3.52. The van der Waals surface area contributed by atoms with E-state index in [1.165, 1.54) is 25.0 Å². The smallest absolute Gasteiger partial charge is 0.127 e. The number of nitrogens with two attached hydrogens (primary N) is 1. The van der Waals surface area contributed by atoms with Crippen LogP contribution in [0, 0.1) is 11.2 Å². The number of nitrogen functional groups attached to an aromatic ring is 1. The molecule has 0 saturated heterocycles. The molecule has 0 radical (unpaired) electrons. The van der Waals surface area contributed by atoms with Crippen molar-refractivity contribution < 1.29 is 9.13 Å². The van der Waals surface area contributed by atoms with Crippen molar-refractivity contribution in [3.8, 4) is 0 Å². The minimum atomic E-state index is -0.297. The summed E-state index contributed by atoms with van der Waals surface area (Å²) in [5.41, 5.74) is 7.15. The van der Waals surface area contributed by atoms with Crippen molar-refractivity contribution in [2.45, 2.75) is 19.3 Å². The van der Waals surface area contributed by atoms with Gasteiger partial charge in [0.05, 0.1) is 0 Å². The van der Waals surface area contributed by atoms with E-state index in [1.54, 1.807) is 13.2 Å². The van der Waals surface area contributed by atoms with Crippen LogP contribution in [0.15, 0.2) is 18.2 Å². The maximum Gasteiger partial charge on any atom is 0.127 e. The molecule has 0 spiro atoms. The molecule has 0 bridgehead atoms. The van der Waals surface area contributed by atoms with Crippen LogP contribution >= 0.6 is 0 Å². The third-order valence-corrected chi connectivity index (χ3v) is 3.38. The SMILES string of the molecule is COCCC1(CNc2cc(N)cc(F)c2)CC1. The molecule has 1 aliphatic carbocycles. The van der Waals surface area contributed by atoms with E-state index in [2.05, 4.69) is 5.32 Å². The van der Waals surface area contributed by atoms with Crippen molar-refractivity contribution in [3.63, 3.8) is 0 Å². The molecule has 94 valence electrons. The lowest BCUT2D eigenvalue weighted by Gasteiger charge is -2.16. The molecule has 0 atom stereocenters. The molecule has 2 rings (SSSR count). The number of hydrogen-bond acceptors (Lipinski definition) is 3. The Labute approximate surface area is 101 Å². The van der Waals surface area contributed by atoms with Gasteiger partial charge in [-0.1, -0.05) is 0 Å². The van der Waals surface area contributed by atoms with E-state index < -0.39 is 0 Å². The van der Waals surface area contributed by atoms with Crippen LogP contribution in [0.5, 0.6) is 0 Å². The normalized spacial score (nSPS) is 16.8. The molecule has 3 nitrogen and oxygen atoms in total. The first-order valence-corrected chi connectivity index (χ1v) is 5.92. The van der Waals surface area contributed by atoms with Crippen LogP contribution in [-0.4, -0.2) is 20.3 Å². The van der Waals surface area contributed by atoms with Crippen molar-refractivity contribution in [1.82, 2.24) is 0 Å². The minimum Gasteiger partial charge on any atom is -0.399 e. The van der Waals surface area contributed by atoms with Crippen molar-refractivity contribution in [3.05, 3.63) is 24.0 Å². The second kappa shape index (κ2) is 4.92. The predicted octanol–water partition coefficient (Wildman–Crippen LogP) is 2.64. The predicted molar refractivity (Wildman–Crippen MR) is 67.5 cm³/mol. The van der Waals surface area contributed by atoms with Crippen molar-refractivity contribution in [1.29, 1.82) is 0 Å². The number of rotatable bonds is 6. The van der Waals surface area contributed by atoms with E-state index in [-0.39, 0.29) is 5.82 Å². The number of nitrogens with one attached hydrogen (secondary N) is 1. The highest BCUT2D eigenvalue weighted by Crippen LogP contribution is 2.48. The van der Waals surface area contributed by atoms with Crippen LogP contribution in [0.4, 0.5) is 15.8 Å². The largest absolute Gasteiger partial charge is 0.399 e. The summed E-state index contributed by atoms with van der Waals surface area (Å²) in [5.74, 6) is -0.297. The Bertz CT molecular complexity index is 371. The molecule has 0 amide bonds. The molecule has 3 N–H and O–H groups in total. The zero-order valence-electron chi connectivity index (χ0n) is 10.1. The lowest BCUT2D eigenvalue weighted by molar-refractivity contribution is 0.175. The van der Waals surface area contributed by atoms with E-state index in [0.29, 0.717) is 11.1 Å². The summed E-state index contributed by atoms with van der Waals surface area (Å²) in [6.45, 7) is 1.65. The number of hydrogen-bond donors (Lipinski definition) is 2. The van der Waals surface area contributed by atoms with E-state index >= 15 is 0 Å². The third-order valence-electron chi connectivity index (χ3n) is 3.38. The Morgan fingerprint density at radius 3 is 2.76 bits per heavy atom. The van der Waals surface area contributed by atoms with Gasteiger partial charge in [-0.25, -0.2) is 4.39 Å². The highest BCUT2D eigenvalue weighted by molar-refractivity contribution is 5.54. The molecule has 17 heavy (non-hydrogen) atoms. The monoisotopic (exact) mass is 238 g/mol. The minimum absolute atomic E-state index is 0.297. The molecule has 0 heterocycles. The highest BCUT2D eigenvalue weighted by Gasteiger charge is 2.41. The van der Waals surface area contributed by atoms with E-state index in [4.69, 9.17) is 10.5 Å². The first kappa shape index (κ1) is 12.2. The summed E-state index contributed by atoms with van der Waals surface area (Å²) in [7, 11) is 1.72. The second-order valence-electron chi connectivity index (χ2n) is 4.87. The van der Waals surface area contributed by atoms with Gasteiger partial charge in [0, 0.05) is 31.6 Å². The Morgan fingerprint density at radius 1 is 1.41 bits per heavy atom. The van der Waals surface area contributed by atoms with Gasteiger partial charge in [0.2, 0.25) is 0 Å². The fourth-order valence-electron chi connectivity index (χ4n) is 2.01. The Balaban J connectivity index is 1.89. The first-order chi connectivity index (χ1) is 8.13. The van der Waals surface area contributed by atoms with Gasteiger partial charge >= 0.3 is 0 Å². The van der Waals surface area contributed by atoms with Crippen LogP contribution in [0.3, 0.4) is 0 Å². The third kappa shape index (κ3) is 3.33. The average Bonchev–Trinajstić information content (AvgIpc) is 3.03. The topological polar surface area (TPSA) is 47.3 Å². The maximum absolute atomic E-state index is 13.1. The summed E-state index contributed by atoms with van der Waals surface area (Å²) >= 11 is 0. The van der Waals surface area contributed by atoms with Crippen molar-refractivity contribution in [2.75, 3.05) is 31.3 Å². The highest BCUT2D eigenvalue weighted by atomic mass is 19.1. The molecule has 1 aliphatic rings.